The Labute approximate surface area is 94.7 Å². The van der Waals surface area contributed by atoms with Gasteiger partial charge in [0.1, 0.15) is 0 Å². The maximum Gasteiger partial charge on any atom is 0.354 e. The fraction of sp³-hybridized carbons (Fsp3) is 0.636. The minimum absolute atomic E-state index is 0.343. The molecule has 0 saturated carbocycles. The normalized spacial score (nSPS) is 16.1. The number of aryl methyl sites for hydroxylation is 1. The Bertz CT molecular complexity index is 412. The van der Waals surface area contributed by atoms with Crippen molar-refractivity contribution in [3.05, 3.63) is 17.0 Å². The second-order valence-corrected chi connectivity index (χ2v) is 4.23. The van der Waals surface area contributed by atoms with Crippen molar-refractivity contribution >= 4 is 5.97 Å². The molecule has 1 N–H and O–H groups in total. The third-order valence-electron chi connectivity index (χ3n) is 3.02. The minimum Gasteiger partial charge on any atom is -0.477 e. The molecular weight excluding hydrogens is 206 g/mol. The first kappa shape index (κ1) is 11.1. The SMILES string of the molecule is CCCN1CCc2nn(C)c(C(=O)O)c2C1. The zero-order valence-corrected chi connectivity index (χ0v) is 9.73. The average molecular weight is 223 g/mol. The molecule has 2 rings (SSSR count). The maximum absolute atomic E-state index is 11.1. The Morgan fingerprint density at radius 1 is 1.56 bits per heavy atom. The molecule has 0 saturated heterocycles. The lowest BCUT2D eigenvalue weighted by atomic mass is 10.1. The van der Waals surface area contributed by atoms with E-state index in [0.29, 0.717) is 5.69 Å². The molecule has 1 aromatic rings. The highest BCUT2D eigenvalue weighted by Crippen LogP contribution is 2.21. The highest BCUT2D eigenvalue weighted by atomic mass is 16.4. The summed E-state index contributed by atoms with van der Waals surface area (Å²) < 4.78 is 1.49. The number of hydrogen-bond donors (Lipinski definition) is 1. The van der Waals surface area contributed by atoms with Gasteiger partial charge in [0.25, 0.3) is 0 Å². The van der Waals surface area contributed by atoms with E-state index in [1.54, 1.807) is 7.05 Å². The van der Waals surface area contributed by atoms with E-state index < -0.39 is 5.97 Å². The number of fused-ring (bicyclic) bond motifs is 1. The van der Waals surface area contributed by atoms with Gasteiger partial charge in [0.2, 0.25) is 0 Å². The van der Waals surface area contributed by atoms with E-state index in [-0.39, 0.29) is 0 Å². The first-order valence-corrected chi connectivity index (χ1v) is 5.64. The van der Waals surface area contributed by atoms with Crippen LogP contribution in [0.25, 0.3) is 0 Å². The Morgan fingerprint density at radius 2 is 2.31 bits per heavy atom. The molecule has 0 fully saturated rings. The van der Waals surface area contributed by atoms with Crippen LogP contribution in [0.3, 0.4) is 0 Å². The van der Waals surface area contributed by atoms with Crippen LogP contribution < -0.4 is 0 Å². The van der Waals surface area contributed by atoms with Crippen LogP contribution >= 0.6 is 0 Å². The minimum atomic E-state index is -0.880. The second kappa shape index (κ2) is 4.25. The topological polar surface area (TPSA) is 58.4 Å². The molecule has 2 heterocycles. The van der Waals surface area contributed by atoms with Crippen molar-refractivity contribution in [1.82, 2.24) is 14.7 Å². The molecule has 0 atom stereocenters. The van der Waals surface area contributed by atoms with Gasteiger partial charge in [-0.05, 0) is 13.0 Å². The van der Waals surface area contributed by atoms with Crippen molar-refractivity contribution in [2.24, 2.45) is 7.05 Å². The van der Waals surface area contributed by atoms with Crippen LogP contribution in [0.5, 0.6) is 0 Å². The molecule has 0 unspecified atom stereocenters. The molecule has 0 amide bonds. The lowest BCUT2D eigenvalue weighted by Gasteiger charge is -2.25. The zero-order chi connectivity index (χ0) is 11.7. The first-order valence-electron chi connectivity index (χ1n) is 5.64. The smallest absolute Gasteiger partial charge is 0.354 e. The molecule has 5 heteroatoms. The number of carboxylic acids is 1. The number of aromatic carboxylic acids is 1. The highest BCUT2D eigenvalue weighted by molar-refractivity contribution is 5.87. The van der Waals surface area contributed by atoms with Gasteiger partial charge < -0.3 is 5.11 Å². The Balaban J connectivity index is 2.31. The van der Waals surface area contributed by atoms with Gasteiger partial charge in [-0.2, -0.15) is 5.10 Å². The quantitative estimate of drug-likeness (QED) is 0.826. The lowest BCUT2D eigenvalue weighted by Crippen LogP contribution is -2.31. The molecule has 0 radical (unpaired) electrons. The molecule has 1 aliphatic heterocycles. The summed E-state index contributed by atoms with van der Waals surface area (Å²) in [4.78, 5) is 13.4. The number of hydrogen-bond acceptors (Lipinski definition) is 3. The van der Waals surface area contributed by atoms with Crippen LogP contribution in [0.15, 0.2) is 0 Å². The largest absolute Gasteiger partial charge is 0.477 e. The summed E-state index contributed by atoms with van der Waals surface area (Å²) in [6.45, 7) is 4.86. The van der Waals surface area contributed by atoms with Crippen molar-refractivity contribution in [3.8, 4) is 0 Å². The van der Waals surface area contributed by atoms with Crippen molar-refractivity contribution in [2.75, 3.05) is 13.1 Å². The fourth-order valence-electron chi connectivity index (χ4n) is 2.33. The van der Waals surface area contributed by atoms with Gasteiger partial charge in [0, 0.05) is 32.1 Å². The van der Waals surface area contributed by atoms with E-state index in [4.69, 9.17) is 5.11 Å². The number of nitrogens with zero attached hydrogens (tertiary/aromatic N) is 3. The molecule has 0 bridgehead atoms. The standard InChI is InChI=1S/C11H17N3O2/c1-3-5-14-6-4-9-8(7-14)10(11(15)16)13(2)12-9/h3-7H2,1-2H3,(H,15,16). The van der Waals surface area contributed by atoms with Gasteiger partial charge in [0.05, 0.1) is 5.69 Å². The summed E-state index contributed by atoms with van der Waals surface area (Å²) in [5.41, 5.74) is 2.19. The van der Waals surface area contributed by atoms with Crippen LogP contribution in [0.4, 0.5) is 0 Å². The second-order valence-electron chi connectivity index (χ2n) is 4.23. The van der Waals surface area contributed by atoms with Gasteiger partial charge in [0.15, 0.2) is 5.69 Å². The van der Waals surface area contributed by atoms with Crippen molar-refractivity contribution < 1.29 is 9.90 Å². The average Bonchev–Trinajstić information content (AvgIpc) is 2.53. The van der Waals surface area contributed by atoms with Crippen LogP contribution in [0.1, 0.15) is 35.1 Å². The van der Waals surface area contributed by atoms with E-state index in [9.17, 15) is 4.79 Å². The molecule has 16 heavy (non-hydrogen) atoms. The summed E-state index contributed by atoms with van der Waals surface area (Å²) in [5.74, 6) is -0.880. The predicted molar refractivity (Wildman–Crippen MR) is 59.4 cm³/mol. The summed E-state index contributed by atoms with van der Waals surface area (Å²) in [7, 11) is 1.70. The van der Waals surface area contributed by atoms with Crippen LogP contribution in [0, 0.1) is 0 Å². The Hall–Kier alpha value is -1.36. The van der Waals surface area contributed by atoms with E-state index in [2.05, 4.69) is 16.9 Å². The molecule has 0 aromatic carbocycles. The van der Waals surface area contributed by atoms with Gasteiger partial charge in [-0.3, -0.25) is 9.58 Å². The summed E-state index contributed by atoms with van der Waals surface area (Å²) >= 11 is 0. The summed E-state index contributed by atoms with van der Waals surface area (Å²) in [5, 5.41) is 13.4. The third-order valence-corrected chi connectivity index (χ3v) is 3.02. The Kier molecular flexibility index (Phi) is 2.96. The van der Waals surface area contributed by atoms with Crippen molar-refractivity contribution in [1.29, 1.82) is 0 Å². The molecule has 0 aliphatic carbocycles. The summed E-state index contributed by atoms with van der Waals surface area (Å²) in [6, 6.07) is 0. The van der Waals surface area contributed by atoms with E-state index in [1.807, 2.05) is 0 Å². The van der Waals surface area contributed by atoms with Crippen LogP contribution in [0.2, 0.25) is 0 Å². The number of carboxylic acid groups (broad SMARTS) is 1. The molecule has 88 valence electrons. The fourth-order valence-corrected chi connectivity index (χ4v) is 2.33. The summed E-state index contributed by atoms with van der Waals surface area (Å²) in [6.07, 6.45) is 1.95. The van der Waals surface area contributed by atoms with Crippen LogP contribution in [-0.4, -0.2) is 38.8 Å². The molecule has 1 aromatic heterocycles. The molecule has 0 spiro atoms. The molecule has 1 aliphatic rings. The lowest BCUT2D eigenvalue weighted by molar-refractivity contribution is 0.0682. The van der Waals surface area contributed by atoms with Gasteiger partial charge in [-0.15, -0.1) is 0 Å². The number of aromatic nitrogens is 2. The van der Waals surface area contributed by atoms with Crippen molar-refractivity contribution in [3.63, 3.8) is 0 Å². The first-order chi connectivity index (χ1) is 7.63. The molecular formula is C11H17N3O2. The van der Waals surface area contributed by atoms with E-state index >= 15 is 0 Å². The number of carbonyl (C=O) groups is 1. The molecule has 5 nitrogen and oxygen atoms in total. The van der Waals surface area contributed by atoms with Crippen molar-refractivity contribution in [2.45, 2.75) is 26.3 Å². The van der Waals surface area contributed by atoms with Gasteiger partial charge >= 0.3 is 5.97 Å². The third kappa shape index (κ3) is 1.82. The van der Waals surface area contributed by atoms with E-state index in [1.165, 1.54) is 4.68 Å². The number of rotatable bonds is 3. The van der Waals surface area contributed by atoms with E-state index in [0.717, 1.165) is 43.7 Å². The highest BCUT2D eigenvalue weighted by Gasteiger charge is 2.26. The zero-order valence-electron chi connectivity index (χ0n) is 9.73. The van der Waals surface area contributed by atoms with Gasteiger partial charge in [-0.25, -0.2) is 4.79 Å². The maximum atomic E-state index is 11.1. The monoisotopic (exact) mass is 223 g/mol. The predicted octanol–water partition coefficient (Wildman–Crippen LogP) is 0.886. The van der Waals surface area contributed by atoms with Gasteiger partial charge in [-0.1, -0.05) is 6.92 Å². The van der Waals surface area contributed by atoms with Crippen LogP contribution in [-0.2, 0) is 20.0 Å². The Morgan fingerprint density at radius 3 is 2.94 bits per heavy atom.